The van der Waals surface area contributed by atoms with Crippen LogP contribution in [-0.2, 0) is 4.79 Å². The molecule has 0 aliphatic carbocycles. The smallest absolute Gasteiger partial charge is 0.446 e. The quantitative estimate of drug-likeness (QED) is 0.244. The summed E-state index contributed by atoms with van der Waals surface area (Å²) in [6, 6.07) is 10.8. The molecule has 1 atom stereocenters. The molecule has 1 aromatic carbocycles. The van der Waals surface area contributed by atoms with E-state index in [1.165, 1.54) is 9.82 Å². The Labute approximate surface area is 225 Å². The highest BCUT2D eigenvalue weighted by molar-refractivity contribution is 8.00. The maximum atomic E-state index is 13.5. The lowest BCUT2D eigenvalue weighted by Crippen LogP contribution is -2.41. The zero-order chi connectivity index (χ0) is 27.4. The minimum Gasteiger partial charge on any atom is -0.495 e. The molecule has 1 fully saturated rings. The number of carbonyl (C=O) groups is 1. The van der Waals surface area contributed by atoms with Gasteiger partial charge in [0, 0.05) is 26.1 Å². The Balaban J connectivity index is 1.59. The van der Waals surface area contributed by atoms with E-state index in [0.29, 0.717) is 30.0 Å². The molecule has 4 rings (SSSR count). The fourth-order valence-electron chi connectivity index (χ4n) is 4.10. The number of piperidine rings is 1. The summed E-state index contributed by atoms with van der Waals surface area (Å²) in [7, 11) is 3.07. The average molecular weight is 564 g/mol. The number of halogens is 3. The van der Waals surface area contributed by atoms with Crippen molar-refractivity contribution in [1.29, 1.82) is 0 Å². The fourth-order valence-corrected chi connectivity index (χ4v) is 5.53. The SMILES string of the molecule is COc1cc(P(C)C)ccc1NCC#Cc1nn2c(NC3CCN(C)C(=O)C3)cccc2c1SC(F)(F)F. The van der Waals surface area contributed by atoms with Crippen molar-refractivity contribution in [1.82, 2.24) is 14.5 Å². The Hall–Kier alpha value is -3.09. The van der Waals surface area contributed by atoms with Gasteiger partial charge in [-0.15, -0.1) is 0 Å². The largest absolute Gasteiger partial charge is 0.495 e. The van der Waals surface area contributed by atoms with E-state index in [4.69, 9.17) is 4.74 Å². The first-order chi connectivity index (χ1) is 18.1. The number of amides is 1. The van der Waals surface area contributed by atoms with E-state index in [-0.39, 0.29) is 48.8 Å². The van der Waals surface area contributed by atoms with Crippen molar-refractivity contribution < 1.29 is 22.7 Å². The van der Waals surface area contributed by atoms with E-state index >= 15 is 0 Å². The van der Waals surface area contributed by atoms with E-state index in [2.05, 4.69) is 40.9 Å². The Morgan fingerprint density at radius 1 is 1.26 bits per heavy atom. The normalized spacial score (nSPS) is 15.9. The molecule has 0 bridgehead atoms. The van der Waals surface area contributed by atoms with Crippen LogP contribution in [0, 0.1) is 11.8 Å². The van der Waals surface area contributed by atoms with E-state index < -0.39 is 5.51 Å². The predicted molar refractivity (Wildman–Crippen MR) is 148 cm³/mol. The maximum Gasteiger partial charge on any atom is 0.446 e. The summed E-state index contributed by atoms with van der Waals surface area (Å²) in [4.78, 5) is 13.7. The first kappa shape index (κ1) is 27.9. The summed E-state index contributed by atoms with van der Waals surface area (Å²) in [6.07, 6.45) is 1.03. The second kappa shape index (κ2) is 11.7. The molecule has 1 aliphatic rings. The molecule has 38 heavy (non-hydrogen) atoms. The van der Waals surface area contributed by atoms with E-state index in [0.717, 1.165) is 12.1 Å². The fraction of sp³-hybridized carbons (Fsp3) is 0.385. The lowest BCUT2D eigenvalue weighted by molar-refractivity contribution is -0.132. The van der Waals surface area contributed by atoms with Crippen LogP contribution < -0.4 is 20.7 Å². The highest BCUT2D eigenvalue weighted by atomic mass is 32.2. The number of rotatable bonds is 7. The summed E-state index contributed by atoms with van der Waals surface area (Å²) in [5.41, 5.74) is -3.43. The summed E-state index contributed by atoms with van der Waals surface area (Å²) >= 11 is -0.229. The molecule has 1 unspecified atom stereocenters. The second-order valence-corrected chi connectivity index (χ2v) is 12.4. The van der Waals surface area contributed by atoms with Crippen LogP contribution >= 0.6 is 19.7 Å². The van der Waals surface area contributed by atoms with Gasteiger partial charge in [-0.2, -0.15) is 18.3 Å². The molecule has 0 spiro atoms. The number of nitrogens with zero attached hydrogens (tertiary/aromatic N) is 3. The van der Waals surface area contributed by atoms with Crippen molar-refractivity contribution >= 4 is 47.9 Å². The molecule has 0 saturated carbocycles. The van der Waals surface area contributed by atoms with Gasteiger partial charge in [0.2, 0.25) is 5.91 Å². The topological polar surface area (TPSA) is 70.9 Å². The molecule has 12 heteroatoms. The average Bonchev–Trinajstić information content (AvgIpc) is 3.20. The molecule has 3 aromatic rings. The van der Waals surface area contributed by atoms with Crippen LogP contribution in [0.5, 0.6) is 5.75 Å². The van der Waals surface area contributed by atoms with Gasteiger partial charge in [0.1, 0.15) is 17.3 Å². The van der Waals surface area contributed by atoms with E-state index in [9.17, 15) is 18.0 Å². The van der Waals surface area contributed by atoms with Crippen LogP contribution in [0.15, 0.2) is 41.3 Å². The number of nitrogens with one attached hydrogen (secondary N) is 2. The summed E-state index contributed by atoms with van der Waals surface area (Å²) in [6.45, 7) is 5.11. The number of alkyl halides is 3. The third kappa shape index (κ3) is 6.66. The van der Waals surface area contributed by atoms with Gasteiger partial charge in [-0.25, -0.2) is 4.52 Å². The molecular weight excluding hydrogens is 534 g/mol. The standard InChI is InChI=1S/C26H29F3N5O2PS/c1-33-14-12-17(15-24(33)35)31-23-9-5-8-21-25(38-26(27,28)29)20(32-34(21)23)7-6-13-30-19-11-10-18(37(3)4)16-22(19)36-2/h5,8-11,16-17,30-31H,12-15H2,1-4H3. The molecule has 7 nitrogen and oxygen atoms in total. The van der Waals surface area contributed by atoms with Gasteiger partial charge in [0.05, 0.1) is 29.8 Å². The van der Waals surface area contributed by atoms with Crippen molar-refractivity contribution in [2.45, 2.75) is 29.3 Å². The van der Waals surface area contributed by atoms with Crippen molar-refractivity contribution in [3.63, 3.8) is 0 Å². The Kier molecular flexibility index (Phi) is 8.64. The highest BCUT2D eigenvalue weighted by Gasteiger charge is 2.33. The predicted octanol–water partition coefficient (Wildman–Crippen LogP) is 4.82. The number of pyridine rings is 1. The zero-order valence-corrected chi connectivity index (χ0v) is 23.2. The van der Waals surface area contributed by atoms with Gasteiger partial charge in [-0.1, -0.05) is 26.0 Å². The van der Waals surface area contributed by atoms with Crippen LogP contribution in [0.3, 0.4) is 0 Å². The molecule has 1 saturated heterocycles. The van der Waals surface area contributed by atoms with Gasteiger partial charge in [-0.3, -0.25) is 4.79 Å². The Morgan fingerprint density at radius 2 is 2.05 bits per heavy atom. The van der Waals surface area contributed by atoms with Crippen LogP contribution in [-0.4, -0.2) is 72.5 Å². The minimum atomic E-state index is -4.50. The van der Waals surface area contributed by atoms with Crippen molar-refractivity contribution in [3.05, 3.63) is 42.1 Å². The number of hydrogen-bond donors (Lipinski definition) is 2. The number of hydrogen-bond acceptors (Lipinski definition) is 6. The van der Waals surface area contributed by atoms with Crippen molar-refractivity contribution in [2.24, 2.45) is 0 Å². The molecule has 3 heterocycles. The second-order valence-electron chi connectivity index (χ2n) is 9.02. The van der Waals surface area contributed by atoms with Gasteiger partial charge >= 0.3 is 5.51 Å². The number of aromatic nitrogens is 2. The summed E-state index contributed by atoms with van der Waals surface area (Å²) in [5, 5.41) is 12.1. The minimum absolute atomic E-state index is 0.0187. The number of likely N-dealkylation sites (tertiary alicyclic amines) is 1. The molecule has 2 aromatic heterocycles. The van der Waals surface area contributed by atoms with Gasteiger partial charge in [0.25, 0.3) is 0 Å². The number of anilines is 2. The third-order valence-corrected chi connectivity index (χ3v) is 8.27. The highest BCUT2D eigenvalue weighted by Crippen LogP contribution is 2.41. The van der Waals surface area contributed by atoms with Gasteiger partial charge in [-0.05, 0) is 67.0 Å². The molecule has 0 radical (unpaired) electrons. The van der Waals surface area contributed by atoms with Crippen molar-refractivity contribution in [3.8, 4) is 17.6 Å². The number of benzene rings is 1. The maximum absolute atomic E-state index is 13.5. The number of carbonyl (C=O) groups excluding carboxylic acids is 1. The van der Waals surface area contributed by atoms with E-state index in [1.807, 2.05) is 18.2 Å². The summed E-state index contributed by atoms with van der Waals surface area (Å²) in [5.74, 6) is 6.93. The van der Waals surface area contributed by atoms with Gasteiger partial charge < -0.3 is 20.3 Å². The number of fused-ring (bicyclic) bond motifs is 1. The van der Waals surface area contributed by atoms with Gasteiger partial charge in [0.15, 0.2) is 0 Å². The Bertz CT molecular complexity index is 1380. The lowest BCUT2D eigenvalue weighted by Gasteiger charge is -2.29. The third-order valence-electron chi connectivity index (χ3n) is 6.12. The summed E-state index contributed by atoms with van der Waals surface area (Å²) < 4.78 is 47.3. The number of thioether (sulfide) groups is 1. The molecule has 1 aliphatic heterocycles. The monoisotopic (exact) mass is 563 g/mol. The molecule has 1 amide bonds. The van der Waals surface area contributed by atoms with Crippen molar-refractivity contribution in [2.75, 3.05) is 51.2 Å². The first-order valence-corrected chi connectivity index (χ1v) is 15.0. The van der Waals surface area contributed by atoms with E-state index in [1.54, 1.807) is 37.3 Å². The first-order valence-electron chi connectivity index (χ1n) is 11.9. The van der Waals surface area contributed by atoms with Crippen LogP contribution in [0.25, 0.3) is 5.52 Å². The molecule has 2 N–H and O–H groups in total. The zero-order valence-electron chi connectivity index (χ0n) is 21.5. The lowest BCUT2D eigenvalue weighted by atomic mass is 10.1. The molecular formula is C26H29F3N5O2PS. The number of methoxy groups -OCH3 is 1. The van der Waals surface area contributed by atoms with Crippen LogP contribution in [0.4, 0.5) is 24.7 Å². The Morgan fingerprint density at radius 3 is 2.74 bits per heavy atom. The van der Waals surface area contributed by atoms with Crippen LogP contribution in [0.2, 0.25) is 0 Å². The van der Waals surface area contributed by atoms with Crippen LogP contribution in [0.1, 0.15) is 18.5 Å². The molecule has 202 valence electrons. The number of ether oxygens (including phenoxy) is 1.